The number of nitrogens with zero attached hydrogens (tertiary/aromatic N) is 2. The van der Waals surface area contributed by atoms with Crippen molar-refractivity contribution in [3.63, 3.8) is 0 Å². The molecule has 0 aromatic heterocycles. The quantitative estimate of drug-likeness (QED) is 0.916. The molecular weight excluding hydrogens is 318 g/mol. The molecule has 1 aromatic rings. The van der Waals surface area contributed by atoms with Crippen LogP contribution in [0.15, 0.2) is 22.7 Å². The first-order chi connectivity index (χ1) is 9.60. The molecule has 110 valence electrons. The zero-order chi connectivity index (χ0) is 14.5. The van der Waals surface area contributed by atoms with Gasteiger partial charge in [0.2, 0.25) is 0 Å². The van der Waals surface area contributed by atoms with Crippen molar-refractivity contribution in [2.45, 2.75) is 20.3 Å². The van der Waals surface area contributed by atoms with E-state index < -0.39 is 0 Å². The van der Waals surface area contributed by atoms with Crippen molar-refractivity contribution in [1.82, 2.24) is 9.80 Å². The number of carbonyl (C=O) groups excluding carboxylic acids is 1. The topological polar surface area (TPSA) is 35.6 Å². The normalized spacial score (nSPS) is 16.2. The Kier molecular flexibility index (Phi) is 5.43. The van der Waals surface area contributed by atoms with Gasteiger partial charge in [0.1, 0.15) is 0 Å². The number of amides is 2. The van der Waals surface area contributed by atoms with Crippen molar-refractivity contribution < 1.29 is 4.79 Å². The number of piperazine rings is 1. The molecule has 2 rings (SSSR count). The number of hydrogen-bond donors (Lipinski definition) is 1. The second kappa shape index (κ2) is 7.09. The Morgan fingerprint density at radius 1 is 1.30 bits per heavy atom. The molecule has 2 amide bonds. The maximum absolute atomic E-state index is 12.2. The van der Waals surface area contributed by atoms with Crippen molar-refractivity contribution in [2.75, 3.05) is 38.0 Å². The van der Waals surface area contributed by atoms with Crippen LogP contribution in [0.4, 0.5) is 10.5 Å². The van der Waals surface area contributed by atoms with E-state index in [-0.39, 0.29) is 6.03 Å². The number of halogens is 1. The van der Waals surface area contributed by atoms with Crippen LogP contribution in [-0.4, -0.2) is 48.6 Å². The van der Waals surface area contributed by atoms with Gasteiger partial charge in [-0.05, 0) is 53.5 Å². The molecule has 1 aromatic carbocycles. The molecule has 0 atom stereocenters. The Hall–Kier alpha value is -1.07. The highest BCUT2D eigenvalue weighted by molar-refractivity contribution is 9.10. The van der Waals surface area contributed by atoms with Crippen LogP contribution in [0, 0.1) is 6.92 Å². The van der Waals surface area contributed by atoms with Crippen LogP contribution < -0.4 is 5.32 Å². The molecule has 1 saturated heterocycles. The average Bonchev–Trinajstić information content (AvgIpc) is 2.43. The highest BCUT2D eigenvalue weighted by Gasteiger charge is 2.20. The second-order valence-corrected chi connectivity index (χ2v) is 6.10. The van der Waals surface area contributed by atoms with Gasteiger partial charge in [-0.1, -0.05) is 13.0 Å². The molecule has 1 aliphatic rings. The van der Waals surface area contributed by atoms with Gasteiger partial charge in [0.05, 0.1) is 5.69 Å². The highest BCUT2D eigenvalue weighted by atomic mass is 79.9. The smallest absolute Gasteiger partial charge is 0.321 e. The maximum Gasteiger partial charge on any atom is 0.321 e. The summed E-state index contributed by atoms with van der Waals surface area (Å²) in [5.74, 6) is 0. The van der Waals surface area contributed by atoms with Gasteiger partial charge in [0.15, 0.2) is 0 Å². The number of hydrogen-bond acceptors (Lipinski definition) is 2. The number of rotatable bonds is 3. The van der Waals surface area contributed by atoms with Crippen LogP contribution in [0.3, 0.4) is 0 Å². The zero-order valence-corrected chi connectivity index (χ0v) is 13.7. The first-order valence-electron chi connectivity index (χ1n) is 7.14. The number of aryl methyl sites for hydroxylation is 1. The van der Waals surface area contributed by atoms with E-state index in [0.717, 1.165) is 42.9 Å². The number of anilines is 1. The molecule has 1 aliphatic heterocycles. The summed E-state index contributed by atoms with van der Waals surface area (Å²) in [7, 11) is 0. The Labute approximate surface area is 129 Å². The Balaban J connectivity index is 1.89. The van der Waals surface area contributed by atoms with E-state index in [1.54, 1.807) is 0 Å². The average molecular weight is 340 g/mol. The van der Waals surface area contributed by atoms with Crippen LogP contribution in [0.1, 0.15) is 18.9 Å². The summed E-state index contributed by atoms with van der Waals surface area (Å²) in [5, 5.41) is 2.98. The van der Waals surface area contributed by atoms with E-state index in [0.29, 0.717) is 0 Å². The summed E-state index contributed by atoms with van der Waals surface area (Å²) < 4.78 is 0.926. The molecule has 0 unspecified atom stereocenters. The first kappa shape index (κ1) is 15.3. The molecule has 1 fully saturated rings. The second-order valence-electron chi connectivity index (χ2n) is 5.24. The van der Waals surface area contributed by atoms with E-state index in [4.69, 9.17) is 0 Å². The Morgan fingerprint density at radius 2 is 2.00 bits per heavy atom. The van der Waals surface area contributed by atoms with E-state index in [1.165, 1.54) is 12.0 Å². The standard InChI is InChI=1S/C15H22BrN3O/c1-3-6-18-7-9-19(10-8-18)15(20)17-14-5-4-12(2)11-13(14)16/h4-5,11H,3,6-10H2,1-2H3,(H,17,20). The summed E-state index contributed by atoms with van der Waals surface area (Å²) in [4.78, 5) is 16.5. The lowest BCUT2D eigenvalue weighted by Crippen LogP contribution is -2.50. The summed E-state index contributed by atoms with van der Waals surface area (Å²) in [6, 6.07) is 5.93. The molecule has 0 saturated carbocycles. The van der Waals surface area contributed by atoms with Crippen molar-refractivity contribution in [1.29, 1.82) is 0 Å². The fourth-order valence-corrected chi connectivity index (χ4v) is 3.00. The minimum atomic E-state index is -0.00861. The fraction of sp³-hybridized carbons (Fsp3) is 0.533. The minimum Gasteiger partial charge on any atom is -0.322 e. The zero-order valence-electron chi connectivity index (χ0n) is 12.2. The Bertz CT molecular complexity index is 470. The lowest BCUT2D eigenvalue weighted by atomic mass is 10.2. The van der Waals surface area contributed by atoms with Crippen LogP contribution in [-0.2, 0) is 0 Å². The van der Waals surface area contributed by atoms with E-state index in [1.807, 2.05) is 30.0 Å². The highest BCUT2D eigenvalue weighted by Crippen LogP contribution is 2.23. The lowest BCUT2D eigenvalue weighted by molar-refractivity contribution is 0.147. The fourth-order valence-electron chi connectivity index (χ4n) is 2.41. The molecular formula is C15H22BrN3O. The van der Waals surface area contributed by atoms with Gasteiger partial charge in [-0.2, -0.15) is 0 Å². The summed E-state index contributed by atoms with van der Waals surface area (Å²) in [6.45, 7) is 8.88. The van der Waals surface area contributed by atoms with E-state index in [9.17, 15) is 4.79 Å². The number of benzene rings is 1. The maximum atomic E-state index is 12.2. The largest absolute Gasteiger partial charge is 0.322 e. The van der Waals surface area contributed by atoms with E-state index >= 15 is 0 Å². The van der Waals surface area contributed by atoms with Crippen molar-refractivity contribution >= 4 is 27.6 Å². The Morgan fingerprint density at radius 3 is 2.60 bits per heavy atom. The molecule has 0 radical (unpaired) electrons. The number of urea groups is 1. The SMILES string of the molecule is CCCN1CCN(C(=O)Nc2ccc(C)cc2Br)CC1. The van der Waals surface area contributed by atoms with Gasteiger partial charge >= 0.3 is 6.03 Å². The van der Waals surface area contributed by atoms with Crippen molar-refractivity contribution in [2.24, 2.45) is 0 Å². The van der Waals surface area contributed by atoms with Gasteiger partial charge in [-0.15, -0.1) is 0 Å². The molecule has 1 heterocycles. The predicted molar refractivity (Wildman–Crippen MR) is 86.2 cm³/mol. The lowest BCUT2D eigenvalue weighted by Gasteiger charge is -2.34. The van der Waals surface area contributed by atoms with Gasteiger partial charge < -0.3 is 10.2 Å². The summed E-state index contributed by atoms with van der Waals surface area (Å²) in [6.07, 6.45) is 1.17. The monoisotopic (exact) mass is 339 g/mol. The summed E-state index contributed by atoms with van der Waals surface area (Å²) >= 11 is 3.49. The molecule has 0 bridgehead atoms. The van der Waals surface area contributed by atoms with Crippen LogP contribution in [0.2, 0.25) is 0 Å². The van der Waals surface area contributed by atoms with Gasteiger partial charge in [0.25, 0.3) is 0 Å². The van der Waals surface area contributed by atoms with Gasteiger partial charge in [-0.3, -0.25) is 4.90 Å². The predicted octanol–water partition coefficient (Wildman–Crippen LogP) is 3.32. The van der Waals surface area contributed by atoms with Gasteiger partial charge in [0, 0.05) is 30.7 Å². The van der Waals surface area contributed by atoms with Crippen LogP contribution >= 0.6 is 15.9 Å². The molecule has 4 nitrogen and oxygen atoms in total. The van der Waals surface area contributed by atoms with E-state index in [2.05, 4.69) is 33.1 Å². The molecule has 20 heavy (non-hydrogen) atoms. The number of carbonyl (C=O) groups is 1. The molecule has 1 N–H and O–H groups in total. The third-order valence-corrected chi connectivity index (χ3v) is 4.22. The summed E-state index contributed by atoms with van der Waals surface area (Å²) in [5.41, 5.74) is 2.00. The molecule has 5 heteroatoms. The molecule has 0 spiro atoms. The van der Waals surface area contributed by atoms with Crippen molar-refractivity contribution in [3.8, 4) is 0 Å². The van der Waals surface area contributed by atoms with Crippen LogP contribution in [0.5, 0.6) is 0 Å². The molecule has 0 aliphatic carbocycles. The number of nitrogens with one attached hydrogen (secondary N) is 1. The first-order valence-corrected chi connectivity index (χ1v) is 7.94. The third kappa shape index (κ3) is 3.96. The van der Waals surface area contributed by atoms with Crippen LogP contribution in [0.25, 0.3) is 0 Å². The third-order valence-electron chi connectivity index (χ3n) is 3.57. The van der Waals surface area contributed by atoms with Crippen molar-refractivity contribution in [3.05, 3.63) is 28.2 Å². The van der Waals surface area contributed by atoms with Gasteiger partial charge in [-0.25, -0.2) is 4.79 Å². The minimum absolute atomic E-state index is 0.00861.